The maximum absolute atomic E-state index is 12.3. The number of nitrogens with one attached hydrogen (secondary N) is 1. The lowest BCUT2D eigenvalue weighted by Gasteiger charge is -2.24. The van der Waals surface area contributed by atoms with E-state index < -0.39 is 24.9 Å². The second-order valence-corrected chi connectivity index (χ2v) is 6.80. The first-order valence-corrected chi connectivity index (χ1v) is 8.76. The van der Waals surface area contributed by atoms with Crippen molar-refractivity contribution in [1.29, 1.82) is 0 Å². The van der Waals surface area contributed by atoms with E-state index in [0.717, 1.165) is 35.3 Å². The van der Waals surface area contributed by atoms with Gasteiger partial charge >= 0.3 is 6.18 Å². The Balaban J connectivity index is 1.80. The topological polar surface area (TPSA) is 46.9 Å². The Hall–Kier alpha value is -2.31. The van der Waals surface area contributed by atoms with Crippen molar-refractivity contribution in [3.63, 3.8) is 0 Å². The number of carbonyl (C=O) groups is 1. The molecule has 0 saturated carbocycles. The van der Waals surface area contributed by atoms with E-state index >= 15 is 0 Å². The van der Waals surface area contributed by atoms with Crippen molar-refractivity contribution >= 4 is 5.91 Å². The van der Waals surface area contributed by atoms with Crippen molar-refractivity contribution in [2.75, 3.05) is 0 Å². The molecule has 1 amide bonds. The van der Waals surface area contributed by atoms with E-state index in [-0.39, 0.29) is 6.04 Å². The number of hydrogen-bond acceptors (Lipinski definition) is 2. The summed E-state index contributed by atoms with van der Waals surface area (Å²) in [4.78, 5) is 11.9. The van der Waals surface area contributed by atoms with E-state index in [9.17, 15) is 18.0 Å². The largest absolute Gasteiger partial charge is 0.389 e. The van der Waals surface area contributed by atoms with E-state index in [2.05, 4.69) is 10.4 Å². The molecule has 0 bridgehead atoms. The number of benzene rings is 1. The number of hydrogen-bond donors (Lipinski definition) is 1. The molecule has 0 unspecified atom stereocenters. The number of rotatable bonds is 4. The minimum Gasteiger partial charge on any atom is -0.349 e. The summed E-state index contributed by atoms with van der Waals surface area (Å²) in [6.07, 6.45) is -1.83. The summed E-state index contributed by atoms with van der Waals surface area (Å²) in [5.74, 6) is -0.570. The summed E-state index contributed by atoms with van der Waals surface area (Å²) >= 11 is 0. The Morgan fingerprint density at radius 2 is 2.12 bits per heavy atom. The third kappa shape index (κ3) is 3.92. The molecule has 7 heteroatoms. The minimum atomic E-state index is -4.32. The van der Waals surface area contributed by atoms with Gasteiger partial charge in [0.2, 0.25) is 5.91 Å². The summed E-state index contributed by atoms with van der Waals surface area (Å²) in [7, 11) is 0. The van der Waals surface area contributed by atoms with Gasteiger partial charge in [-0.25, -0.2) is 4.68 Å². The molecule has 1 heterocycles. The minimum absolute atomic E-state index is 0.279. The molecule has 1 N–H and O–H groups in total. The highest BCUT2D eigenvalue weighted by Gasteiger charge is 2.30. The molecular weight excluding hydrogens is 343 g/mol. The van der Waals surface area contributed by atoms with Crippen molar-refractivity contribution < 1.29 is 18.0 Å². The van der Waals surface area contributed by atoms with E-state index in [1.807, 2.05) is 36.7 Å². The van der Waals surface area contributed by atoms with Gasteiger partial charge < -0.3 is 5.32 Å². The van der Waals surface area contributed by atoms with Crippen molar-refractivity contribution in [1.82, 2.24) is 15.1 Å². The second kappa shape index (κ2) is 7.13. The maximum Gasteiger partial charge on any atom is 0.389 e. The summed E-state index contributed by atoms with van der Waals surface area (Å²) in [5.41, 5.74) is 5.22. The molecule has 3 rings (SSSR count). The van der Waals surface area contributed by atoms with Crippen molar-refractivity contribution in [3.05, 3.63) is 46.8 Å². The van der Waals surface area contributed by atoms with Crippen LogP contribution in [-0.4, -0.2) is 21.9 Å². The molecule has 1 aliphatic rings. The lowest BCUT2D eigenvalue weighted by atomic mass is 9.92. The molecule has 0 spiro atoms. The molecular formula is C19H22F3N3O. The number of amides is 1. The van der Waals surface area contributed by atoms with Crippen LogP contribution in [0.2, 0.25) is 0 Å². The molecule has 26 heavy (non-hydrogen) atoms. The number of carbonyl (C=O) groups excluding carboxylic acids is 1. The average molecular weight is 365 g/mol. The number of aryl methyl sites for hydroxylation is 1. The van der Waals surface area contributed by atoms with Gasteiger partial charge in [0.25, 0.3) is 0 Å². The van der Waals surface area contributed by atoms with Crippen LogP contribution in [0.1, 0.15) is 54.1 Å². The first kappa shape index (κ1) is 18.5. The zero-order chi connectivity index (χ0) is 18.9. The zero-order valence-corrected chi connectivity index (χ0v) is 14.9. The molecule has 1 aliphatic carbocycles. The predicted molar refractivity (Wildman–Crippen MR) is 92.1 cm³/mol. The van der Waals surface area contributed by atoms with Crippen LogP contribution in [0.3, 0.4) is 0 Å². The van der Waals surface area contributed by atoms with Crippen molar-refractivity contribution in [2.24, 2.45) is 0 Å². The fraction of sp³-hybridized carbons (Fsp3) is 0.474. The Labute approximate surface area is 150 Å². The first-order valence-electron chi connectivity index (χ1n) is 8.76. The number of halogens is 3. The fourth-order valence-corrected chi connectivity index (χ4v) is 3.40. The Morgan fingerprint density at radius 3 is 2.85 bits per heavy atom. The maximum atomic E-state index is 12.3. The number of fused-ring (bicyclic) bond motifs is 1. The molecule has 1 atom stereocenters. The number of aromatic nitrogens is 2. The van der Waals surface area contributed by atoms with Crippen LogP contribution in [-0.2, 0) is 11.2 Å². The van der Waals surface area contributed by atoms with Gasteiger partial charge in [0.1, 0.15) is 0 Å². The monoisotopic (exact) mass is 365 g/mol. The number of nitrogens with zero attached hydrogens (tertiary/aromatic N) is 2. The first-order chi connectivity index (χ1) is 12.3. The normalized spacial score (nSPS) is 17.0. The molecule has 0 aliphatic heterocycles. The van der Waals surface area contributed by atoms with Crippen LogP contribution >= 0.6 is 0 Å². The molecule has 2 aromatic rings. The molecule has 0 fully saturated rings. The van der Waals surface area contributed by atoms with Crippen molar-refractivity contribution in [2.45, 2.75) is 58.2 Å². The van der Waals surface area contributed by atoms with Crippen LogP contribution in [0, 0.1) is 13.8 Å². The van der Waals surface area contributed by atoms with Gasteiger partial charge in [-0.2, -0.15) is 18.3 Å². The molecule has 0 saturated heterocycles. The molecule has 4 nitrogen and oxygen atoms in total. The van der Waals surface area contributed by atoms with Gasteiger partial charge in [-0.1, -0.05) is 12.1 Å². The van der Waals surface area contributed by atoms with E-state index in [4.69, 9.17) is 0 Å². The van der Waals surface area contributed by atoms with Crippen LogP contribution in [0.15, 0.2) is 24.4 Å². The summed E-state index contributed by atoms with van der Waals surface area (Å²) in [5, 5.41) is 7.24. The Morgan fingerprint density at radius 1 is 1.35 bits per heavy atom. The molecule has 1 aromatic carbocycles. The smallest absolute Gasteiger partial charge is 0.349 e. The van der Waals surface area contributed by atoms with Crippen LogP contribution in [0.25, 0.3) is 5.69 Å². The second-order valence-electron chi connectivity index (χ2n) is 6.80. The zero-order valence-electron chi connectivity index (χ0n) is 14.9. The molecule has 140 valence electrons. The summed E-state index contributed by atoms with van der Waals surface area (Å²) in [6.45, 7) is 4.08. The van der Waals surface area contributed by atoms with Crippen LogP contribution < -0.4 is 5.32 Å². The van der Waals surface area contributed by atoms with Gasteiger partial charge in [0.15, 0.2) is 0 Å². The number of alkyl halides is 3. The third-order valence-corrected chi connectivity index (χ3v) is 4.96. The fourth-order valence-electron chi connectivity index (χ4n) is 3.40. The highest BCUT2D eigenvalue weighted by molar-refractivity contribution is 5.76. The van der Waals surface area contributed by atoms with Gasteiger partial charge in [-0.3, -0.25) is 4.79 Å². The van der Waals surface area contributed by atoms with Gasteiger partial charge in [0, 0.05) is 17.7 Å². The van der Waals surface area contributed by atoms with Gasteiger partial charge in [0.05, 0.1) is 24.3 Å². The summed E-state index contributed by atoms with van der Waals surface area (Å²) < 4.78 is 38.8. The summed E-state index contributed by atoms with van der Waals surface area (Å²) in [6, 6.07) is 5.74. The lowest BCUT2D eigenvalue weighted by molar-refractivity contribution is -0.144. The standard InChI is InChI=1S/C19H22F3N3O/c1-12-5-3-7-16(13(12)2)25-17-8-4-6-15(14(17)11-23-25)24-18(26)9-10-19(20,21)22/h3,5,7,11,15H,4,6,8-10H2,1-2H3,(H,24,26)/t15-/m1/s1. The average Bonchev–Trinajstić information content (AvgIpc) is 3.00. The van der Waals surface area contributed by atoms with E-state index in [1.54, 1.807) is 6.20 Å². The van der Waals surface area contributed by atoms with Crippen molar-refractivity contribution in [3.8, 4) is 5.69 Å². The van der Waals surface area contributed by atoms with Crippen LogP contribution in [0.4, 0.5) is 13.2 Å². The lowest BCUT2D eigenvalue weighted by Crippen LogP contribution is -2.31. The van der Waals surface area contributed by atoms with E-state index in [1.165, 1.54) is 5.56 Å². The predicted octanol–water partition coefficient (Wildman–Crippen LogP) is 4.33. The highest BCUT2D eigenvalue weighted by atomic mass is 19.4. The van der Waals surface area contributed by atoms with Crippen LogP contribution in [0.5, 0.6) is 0 Å². The van der Waals surface area contributed by atoms with Gasteiger partial charge in [-0.05, 0) is 50.3 Å². The Kier molecular flexibility index (Phi) is 5.07. The molecule has 0 radical (unpaired) electrons. The quantitative estimate of drug-likeness (QED) is 0.877. The Bertz CT molecular complexity index is 811. The molecule has 1 aromatic heterocycles. The highest BCUT2D eigenvalue weighted by Crippen LogP contribution is 2.32. The third-order valence-electron chi connectivity index (χ3n) is 4.96. The van der Waals surface area contributed by atoms with Gasteiger partial charge in [-0.15, -0.1) is 0 Å². The SMILES string of the molecule is Cc1cccc(-n2ncc3c2CCC[C@H]3NC(=O)CCC(F)(F)F)c1C. The van der Waals surface area contributed by atoms with E-state index in [0.29, 0.717) is 6.42 Å².